The predicted molar refractivity (Wildman–Crippen MR) is 103 cm³/mol. The number of hydrogen-bond donors (Lipinski definition) is 1. The number of benzene rings is 2. The number of hydrogen-bond acceptors (Lipinski definition) is 9. The van der Waals surface area contributed by atoms with E-state index in [4.69, 9.17) is 24.4 Å². The minimum Gasteiger partial charge on any atom is -0.454 e. The van der Waals surface area contributed by atoms with Crippen LogP contribution >= 0.6 is 11.8 Å². The fourth-order valence-electron chi connectivity index (χ4n) is 3.11. The molecule has 3 aliphatic heterocycles. The Morgan fingerprint density at radius 3 is 2.41 bits per heavy atom. The fourth-order valence-corrected chi connectivity index (χ4v) is 3.96. The molecule has 3 heterocycles. The van der Waals surface area contributed by atoms with Crippen LogP contribution in [0.2, 0.25) is 0 Å². The number of carbonyl (C=O) groups is 1. The van der Waals surface area contributed by atoms with Crippen molar-refractivity contribution in [3.05, 3.63) is 50.9 Å². The monoisotopic (exact) mass is 413 g/mol. The summed E-state index contributed by atoms with van der Waals surface area (Å²) in [6, 6.07) is 7.63. The molecule has 1 saturated heterocycles. The lowest BCUT2D eigenvalue weighted by atomic mass is 10.1. The Kier molecular flexibility index (Phi) is 3.84. The molecule has 1 fully saturated rings. The van der Waals surface area contributed by atoms with Crippen LogP contribution in [0.4, 0.5) is 11.4 Å². The van der Waals surface area contributed by atoms with E-state index in [0.717, 1.165) is 11.8 Å². The van der Waals surface area contributed by atoms with Crippen molar-refractivity contribution < 1.29 is 28.7 Å². The third kappa shape index (κ3) is 2.83. The zero-order valence-corrected chi connectivity index (χ0v) is 15.4. The topological polar surface area (TPSA) is 124 Å². The number of amides is 1. The number of carbonyl (C=O) groups excluding carboxylic acids is 1. The minimum atomic E-state index is -0.556. The minimum absolute atomic E-state index is 0.0245. The third-order valence-corrected chi connectivity index (χ3v) is 5.33. The van der Waals surface area contributed by atoms with Crippen molar-refractivity contribution in [1.29, 1.82) is 5.41 Å². The summed E-state index contributed by atoms with van der Waals surface area (Å²) in [6.07, 6.45) is 1.38. The maximum atomic E-state index is 12.9. The van der Waals surface area contributed by atoms with E-state index in [1.807, 2.05) is 0 Å². The van der Waals surface area contributed by atoms with E-state index in [9.17, 15) is 14.9 Å². The normalized spacial score (nSPS) is 18.1. The second kappa shape index (κ2) is 6.41. The Morgan fingerprint density at radius 1 is 1.03 bits per heavy atom. The molecule has 2 aromatic rings. The van der Waals surface area contributed by atoms with Crippen LogP contribution in [-0.2, 0) is 4.79 Å². The second-order valence-corrected chi connectivity index (χ2v) is 7.15. The zero-order chi connectivity index (χ0) is 20.1. The smallest absolute Gasteiger partial charge is 0.280 e. The summed E-state index contributed by atoms with van der Waals surface area (Å²) in [6.45, 7) is 0.0700. The molecule has 1 N–H and O–H groups in total. The van der Waals surface area contributed by atoms with Crippen molar-refractivity contribution in [3.8, 4) is 23.0 Å². The van der Waals surface area contributed by atoms with Crippen LogP contribution < -0.4 is 23.8 Å². The van der Waals surface area contributed by atoms with E-state index in [2.05, 4.69) is 0 Å². The van der Waals surface area contributed by atoms with Gasteiger partial charge < -0.3 is 18.9 Å². The molecule has 0 spiro atoms. The number of rotatable bonds is 3. The largest absolute Gasteiger partial charge is 0.454 e. The molecule has 0 bridgehead atoms. The van der Waals surface area contributed by atoms with Crippen molar-refractivity contribution >= 4 is 40.3 Å². The van der Waals surface area contributed by atoms with Crippen molar-refractivity contribution in [3.63, 3.8) is 0 Å². The number of fused-ring (bicyclic) bond motifs is 2. The lowest BCUT2D eigenvalue weighted by molar-refractivity contribution is -0.385. The van der Waals surface area contributed by atoms with Crippen LogP contribution in [0.3, 0.4) is 0 Å². The van der Waals surface area contributed by atoms with Crippen LogP contribution in [-0.4, -0.2) is 29.6 Å². The number of nitro groups is 1. The van der Waals surface area contributed by atoms with Gasteiger partial charge in [0.25, 0.3) is 11.6 Å². The molecule has 5 rings (SSSR count). The van der Waals surface area contributed by atoms with Gasteiger partial charge in [0.05, 0.1) is 27.1 Å². The van der Waals surface area contributed by atoms with Crippen LogP contribution in [0.25, 0.3) is 6.08 Å². The van der Waals surface area contributed by atoms with Crippen molar-refractivity contribution in [2.24, 2.45) is 0 Å². The van der Waals surface area contributed by atoms with Crippen LogP contribution in [0.1, 0.15) is 5.56 Å². The molecule has 10 nitrogen and oxygen atoms in total. The number of nitrogens with one attached hydrogen (secondary N) is 1. The van der Waals surface area contributed by atoms with E-state index in [0.29, 0.717) is 22.9 Å². The Labute approximate surface area is 167 Å². The Balaban J connectivity index is 1.52. The quantitative estimate of drug-likeness (QED) is 0.462. The van der Waals surface area contributed by atoms with E-state index in [-0.39, 0.29) is 40.7 Å². The summed E-state index contributed by atoms with van der Waals surface area (Å²) < 4.78 is 21.0. The number of nitrogens with zero attached hydrogens (tertiary/aromatic N) is 2. The van der Waals surface area contributed by atoms with E-state index < -0.39 is 10.8 Å². The molecule has 29 heavy (non-hydrogen) atoms. The van der Waals surface area contributed by atoms with Gasteiger partial charge in [-0.3, -0.25) is 25.2 Å². The second-order valence-electron chi connectivity index (χ2n) is 6.12. The first kappa shape index (κ1) is 17.4. The first-order valence-electron chi connectivity index (χ1n) is 8.31. The van der Waals surface area contributed by atoms with E-state index >= 15 is 0 Å². The Hall–Kier alpha value is -3.73. The summed E-state index contributed by atoms with van der Waals surface area (Å²) >= 11 is 0.912. The highest BCUT2D eigenvalue weighted by molar-refractivity contribution is 8.19. The van der Waals surface area contributed by atoms with Crippen molar-refractivity contribution in [1.82, 2.24) is 0 Å². The maximum absolute atomic E-state index is 12.9. The van der Waals surface area contributed by atoms with Crippen molar-refractivity contribution in [2.75, 3.05) is 18.5 Å². The lowest BCUT2D eigenvalue weighted by Crippen LogP contribution is -2.28. The van der Waals surface area contributed by atoms with Crippen LogP contribution in [0.5, 0.6) is 23.0 Å². The predicted octanol–water partition coefficient (Wildman–Crippen LogP) is 3.11. The molecule has 3 aliphatic rings. The summed E-state index contributed by atoms with van der Waals surface area (Å²) in [4.78, 5) is 25.2. The molecule has 0 atom stereocenters. The summed E-state index contributed by atoms with van der Waals surface area (Å²) in [7, 11) is 0. The summed E-state index contributed by atoms with van der Waals surface area (Å²) in [5.41, 5.74) is 0.416. The van der Waals surface area contributed by atoms with Crippen LogP contribution in [0.15, 0.2) is 35.2 Å². The van der Waals surface area contributed by atoms with Gasteiger partial charge in [0.2, 0.25) is 13.6 Å². The average molecular weight is 413 g/mol. The molecular formula is C18H11N3O7S. The molecular weight excluding hydrogens is 402 g/mol. The van der Waals surface area contributed by atoms with Gasteiger partial charge in [-0.25, -0.2) is 0 Å². The van der Waals surface area contributed by atoms with Crippen LogP contribution in [0, 0.1) is 15.5 Å². The highest BCUT2D eigenvalue weighted by Crippen LogP contribution is 2.43. The van der Waals surface area contributed by atoms with Gasteiger partial charge >= 0.3 is 0 Å². The molecule has 0 aromatic heterocycles. The average Bonchev–Trinajstić information content (AvgIpc) is 3.40. The highest BCUT2D eigenvalue weighted by Gasteiger charge is 2.35. The third-order valence-electron chi connectivity index (χ3n) is 4.44. The van der Waals surface area contributed by atoms with Gasteiger partial charge in [-0.1, -0.05) is 0 Å². The molecule has 0 unspecified atom stereocenters. The number of anilines is 1. The van der Waals surface area contributed by atoms with Gasteiger partial charge in [-0.15, -0.1) is 0 Å². The van der Waals surface area contributed by atoms with Gasteiger partial charge in [0, 0.05) is 6.07 Å². The number of thioether (sulfide) groups is 1. The molecule has 2 aromatic carbocycles. The van der Waals surface area contributed by atoms with Crippen molar-refractivity contribution in [2.45, 2.75) is 0 Å². The Bertz CT molecular complexity index is 1130. The van der Waals surface area contributed by atoms with E-state index in [1.165, 1.54) is 23.1 Å². The molecule has 0 radical (unpaired) electrons. The first-order chi connectivity index (χ1) is 14.0. The standard InChI is InChI=1S/C18H11N3O7S/c19-18-20(10-1-2-12-14(5-10)27-7-25-12)17(22)16(29-18)4-9-3-13-15(28-8-26-13)6-11(9)21(23)24/h1-6,19H,7-8H2/b16-4-,19-18?. The molecule has 1 amide bonds. The fraction of sp³-hybridized carbons (Fsp3) is 0.111. The van der Waals surface area contributed by atoms with Gasteiger partial charge in [-0.2, -0.15) is 0 Å². The molecule has 146 valence electrons. The molecule has 0 aliphatic carbocycles. The highest BCUT2D eigenvalue weighted by atomic mass is 32.2. The number of ether oxygens (including phenoxy) is 4. The SMILES string of the molecule is N=C1S/C(=C\c2cc3c(cc2[N+](=O)[O-])OCO3)C(=O)N1c1ccc2c(c1)OCO2. The molecule has 0 saturated carbocycles. The first-order valence-corrected chi connectivity index (χ1v) is 9.13. The zero-order valence-electron chi connectivity index (χ0n) is 14.5. The number of amidine groups is 1. The molecule has 11 heteroatoms. The van der Waals surface area contributed by atoms with Gasteiger partial charge in [0.15, 0.2) is 28.2 Å². The summed E-state index contributed by atoms with van der Waals surface area (Å²) in [5, 5.41) is 19.6. The summed E-state index contributed by atoms with van der Waals surface area (Å²) in [5.74, 6) is 1.22. The maximum Gasteiger partial charge on any atom is 0.280 e. The number of nitro benzene ring substituents is 1. The van der Waals surface area contributed by atoms with Gasteiger partial charge in [0.1, 0.15) is 0 Å². The lowest BCUT2D eigenvalue weighted by Gasteiger charge is -2.14. The van der Waals surface area contributed by atoms with Gasteiger partial charge in [-0.05, 0) is 36.0 Å². The Morgan fingerprint density at radius 2 is 1.69 bits per heavy atom. The van der Waals surface area contributed by atoms with E-state index in [1.54, 1.807) is 18.2 Å².